The molecule has 0 aliphatic rings. The summed E-state index contributed by atoms with van der Waals surface area (Å²) in [4.78, 5) is 11.1. The van der Waals surface area contributed by atoms with Crippen molar-refractivity contribution in [1.82, 2.24) is 5.43 Å². The molecule has 0 fully saturated rings. The Morgan fingerprint density at radius 2 is 2.08 bits per heavy atom. The number of rotatable bonds is 3. The van der Waals surface area contributed by atoms with Gasteiger partial charge in [-0.05, 0) is 12.0 Å². The fourth-order valence-corrected chi connectivity index (χ4v) is 1.20. The lowest BCUT2D eigenvalue weighted by Gasteiger charge is -2.08. The summed E-state index contributed by atoms with van der Waals surface area (Å²) in [7, 11) is 0. The normalized spacial score (nSPS) is 12.2. The predicted octanol–water partition coefficient (Wildman–Crippen LogP) is 0.855. The standard InChI is InChI=1S/C10H14N2O/c1-8(10(13)12-11)7-9-5-3-2-4-6-9/h2-6,8H,7,11H2,1H3,(H,12,13)/t8-/m1/s1. The van der Waals surface area contributed by atoms with E-state index in [-0.39, 0.29) is 11.8 Å². The quantitative estimate of drug-likeness (QED) is 0.409. The topological polar surface area (TPSA) is 55.1 Å². The fourth-order valence-electron chi connectivity index (χ4n) is 1.20. The minimum absolute atomic E-state index is 0.0765. The van der Waals surface area contributed by atoms with Crippen LogP contribution in [0, 0.1) is 5.92 Å². The van der Waals surface area contributed by atoms with Crippen molar-refractivity contribution in [3.63, 3.8) is 0 Å². The van der Waals surface area contributed by atoms with Crippen molar-refractivity contribution in [2.24, 2.45) is 11.8 Å². The van der Waals surface area contributed by atoms with Crippen LogP contribution in [0.15, 0.2) is 30.3 Å². The first-order valence-electron chi connectivity index (χ1n) is 4.28. The smallest absolute Gasteiger partial charge is 0.237 e. The summed E-state index contributed by atoms with van der Waals surface area (Å²) < 4.78 is 0. The second kappa shape index (κ2) is 4.62. The lowest BCUT2D eigenvalue weighted by atomic mass is 10.0. The van der Waals surface area contributed by atoms with E-state index < -0.39 is 0 Å². The predicted molar refractivity (Wildman–Crippen MR) is 51.6 cm³/mol. The molecule has 0 aliphatic heterocycles. The molecule has 70 valence electrons. The molecule has 3 heteroatoms. The molecule has 1 aromatic rings. The SMILES string of the molecule is C[C@H](Cc1ccccc1)C(=O)NN. The minimum Gasteiger partial charge on any atom is -0.294 e. The van der Waals surface area contributed by atoms with Crippen LogP contribution < -0.4 is 11.3 Å². The second-order valence-electron chi connectivity index (χ2n) is 3.10. The number of nitrogens with one attached hydrogen (secondary N) is 1. The van der Waals surface area contributed by atoms with Crippen molar-refractivity contribution in [2.45, 2.75) is 13.3 Å². The number of benzene rings is 1. The zero-order valence-electron chi connectivity index (χ0n) is 7.66. The monoisotopic (exact) mass is 178 g/mol. The molecule has 13 heavy (non-hydrogen) atoms. The summed E-state index contributed by atoms with van der Waals surface area (Å²) in [5.41, 5.74) is 3.30. The van der Waals surface area contributed by atoms with Crippen LogP contribution in [0.2, 0.25) is 0 Å². The van der Waals surface area contributed by atoms with Crippen LogP contribution in [0.4, 0.5) is 0 Å². The molecule has 1 atom stereocenters. The Labute approximate surface area is 77.9 Å². The van der Waals surface area contributed by atoms with Crippen LogP contribution in [-0.2, 0) is 11.2 Å². The highest BCUT2D eigenvalue weighted by molar-refractivity contribution is 5.77. The molecular weight excluding hydrogens is 164 g/mol. The molecule has 3 nitrogen and oxygen atoms in total. The molecule has 0 aromatic heterocycles. The lowest BCUT2D eigenvalue weighted by Crippen LogP contribution is -2.35. The van der Waals surface area contributed by atoms with Crippen molar-refractivity contribution < 1.29 is 4.79 Å². The van der Waals surface area contributed by atoms with E-state index in [9.17, 15) is 4.79 Å². The van der Waals surface area contributed by atoms with Crippen molar-refractivity contribution in [3.8, 4) is 0 Å². The van der Waals surface area contributed by atoms with Gasteiger partial charge in [0.1, 0.15) is 0 Å². The molecule has 0 spiro atoms. The van der Waals surface area contributed by atoms with Gasteiger partial charge >= 0.3 is 0 Å². The molecule has 1 amide bonds. The molecule has 0 bridgehead atoms. The molecule has 0 radical (unpaired) electrons. The first-order chi connectivity index (χ1) is 6.24. The molecule has 0 heterocycles. The van der Waals surface area contributed by atoms with Gasteiger partial charge in [0.15, 0.2) is 0 Å². The van der Waals surface area contributed by atoms with E-state index in [4.69, 9.17) is 5.84 Å². The van der Waals surface area contributed by atoms with Crippen LogP contribution in [0.25, 0.3) is 0 Å². The van der Waals surface area contributed by atoms with Gasteiger partial charge in [0.2, 0.25) is 5.91 Å². The van der Waals surface area contributed by atoms with Crippen LogP contribution in [0.1, 0.15) is 12.5 Å². The highest BCUT2D eigenvalue weighted by Crippen LogP contribution is 2.07. The third kappa shape index (κ3) is 2.87. The third-order valence-electron chi connectivity index (χ3n) is 1.97. The van der Waals surface area contributed by atoms with Gasteiger partial charge in [0.25, 0.3) is 0 Å². The van der Waals surface area contributed by atoms with Gasteiger partial charge in [-0.15, -0.1) is 0 Å². The summed E-state index contributed by atoms with van der Waals surface area (Å²) in [5, 5.41) is 0. The maximum atomic E-state index is 11.1. The minimum atomic E-state index is -0.121. The van der Waals surface area contributed by atoms with Crippen LogP contribution in [0.5, 0.6) is 0 Å². The number of hydrogen-bond acceptors (Lipinski definition) is 2. The first kappa shape index (κ1) is 9.74. The number of amides is 1. The molecule has 0 aliphatic carbocycles. The van der Waals surface area contributed by atoms with E-state index in [0.717, 1.165) is 12.0 Å². The maximum absolute atomic E-state index is 11.1. The zero-order valence-corrected chi connectivity index (χ0v) is 7.66. The third-order valence-corrected chi connectivity index (χ3v) is 1.97. The van der Waals surface area contributed by atoms with E-state index in [2.05, 4.69) is 5.43 Å². The number of carbonyl (C=O) groups is 1. The van der Waals surface area contributed by atoms with Crippen LogP contribution in [-0.4, -0.2) is 5.91 Å². The van der Waals surface area contributed by atoms with Gasteiger partial charge in [-0.1, -0.05) is 37.3 Å². The molecule has 1 rings (SSSR count). The summed E-state index contributed by atoms with van der Waals surface area (Å²) in [6, 6.07) is 9.88. The summed E-state index contributed by atoms with van der Waals surface area (Å²) in [6.45, 7) is 1.86. The van der Waals surface area contributed by atoms with Crippen LogP contribution >= 0.6 is 0 Å². The van der Waals surface area contributed by atoms with E-state index in [0.29, 0.717) is 0 Å². The average molecular weight is 178 g/mol. The zero-order chi connectivity index (χ0) is 9.68. The van der Waals surface area contributed by atoms with Gasteiger partial charge in [0, 0.05) is 5.92 Å². The maximum Gasteiger partial charge on any atom is 0.237 e. The van der Waals surface area contributed by atoms with E-state index >= 15 is 0 Å². The number of hydrogen-bond donors (Lipinski definition) is 2. The Bertz CT molecular complexity index is 272. The van der Waals surface area contributed by atoms with Crippen molar-refractivity contribution in [2.75, 3.05) is 0 Å². The summed E-state index contributed by atoms with van der Waals surface area (Å²) in [6.07, 6.45) is 0.726. The largest absolute Gasteiger partial charge is 0.294 e. The molecule has 0 saturated heterocycles. The van der Waals surface area contributed by atoms with Crippen molar-refractivity contribution in [1.29, 1.82) is 0 Å². The lowest BCUT2D eigenvalue weighted by molar-refractivity contribution is -0.124. The second-order valence-corrected chi connectivity index (χ2v) is 3.10. The summed E-state index contributed by atoms with van der Waals surface area (Å²) >= 11 is 0. The van der Waals surface area contributed by atoms with Gasteiger partial charge in [0.05, 0.1) is 0 Å². The Kier molecular flexibility index (Phi) is 3.46. The van der Waals surface area contributed by atoms with Gasteiger partial charge in [-0.2, -0.15) is 0 Å². The molecule has 1 aromatic carbocycles. The number of nitrogens with two attached hydrogens (primary N) is 1. The highest BCUT2D eigenvalue weighted by Gasteiger charge is 2.11. The van der Waals surface area contributed by atoms with Crippen LogP contribution in [0.3, 0.4) is 0 Å². The number of carbonyl (C=O) groups excluding carboxylic acids is 1. The Balaban J connectivity index is 2.55. The Hall–Kier alpha value is -1.35. The number of hydrazine groups is 1. The van der Waals surface area contributed by atoms with Gasteiger partial charge in [-0.25, -0.2) is 5.84 Å². The molecule has 0 saturated carbocycles. The van der Waals surface area contributed by atoms with Crippen molar-refractivity contribution in [3.05, 3.63) is 35.9 Å². The van der Waals surface area contributed by atoms with E-state index in [1.165, 1.54) is 0 Å². The van der Waals surface area contributed by atoms with Gasteiger partial charge < -0.3 is 0 Å². The van der Waals surface area contributed by atoms with Gasteiger partial charge in [-0.3, -0.25) is 10.2 Å². The summed E-state index contributed by atoms with van der Waals surface area (Å²) in [5.74, 6) is 4.83. The fraction of sp³-hybridized carbons (Fsp3) is 0.300. The highest BCUT2D eigenvalue weighted by atomic mass is 16.2. The van der Waals surface area contributed by atoms with E-state index in [1.807, 2.05) is 37.3 Å². The van der Waals surface area contributed by atoms with Crippen molar-refractivity contribution >= 4 is 5.91 Å². The van der Waals surface area contributed by atoms with E-state index in [1.54, 1.807) is 0 Å². The molecule has 0 unspecified atom stereocenters. The molecular formula is C10H14N2O. The Morgan fingerprint density at radius 1 is 1.46 bits per heavy atom. The Morgan fingerprint density at radius 3 is 2.62 bits per heavy atom. The average Bonchev–Trinajstić information content (AvgIpc) is 2.18. The first-order valence-corrected chi connectivity index (χ1v) is 4.28. The molecule has 3 N–H and O–H groups in total.